The number of rotatable bonds is 7. The van der Waals surface area contributed by atoms with E-state index < -0.39 is 0 Å². The summed E-state index contributed by atoms with van der Waals surface area (Å²) in [5, 5.41) is 14.9. The number of aliphatic imine (C=N–C) groups is 1. The van der Waals surface area contributed by atoms with Crippen LogP contribution in [0.25, 0.3) is 0 Å². The van der Waals surface area contributed by atoms with Crippen LogP contribution in [0, 0.1) is 13.8 Å². The average Bonchev–Trinajstić information content (AvgIpc) is 2.95. The summed E-state index contributed by atoms with van der Waals surface area (Å²) >= 11 is 0. The number of nitrogens with one attached hydrogen (secondary N) is 2. The Labute approximate surface area is 155 Å². The minimum Gasteiger partial charge on any atom is -0.496 e. The summed E-state index contributed by atoms with van der Waals surface area (Å²) in [5.41, 5.74) is 2.26. The van der Waals surface area contributed by atoms with Crippen LogP contribution in [0.1, 0.15) is 35.7 Å². The standard InChI is InChI=1S/C19H28N6O/c1-7-10-20-19(21-12-18-24-23-15(4)25(18)5)22-14(3)16-11-13(2)8-9-17(16)26-6/h7-9,11,14H,1,10,12H2,2-6H3,(H2,20,21,22). The first kappa shape index (κ1) is 19.5. The van der Waals surface area contributed by atoms with Crippen LogP contribution in [0.3, 0.4) is 0 Å². The normalized spacial score (nSPS) is 12.6. The van der Waals surface area contributed by atoms with Crippen molar-refractivity contribution in [3.05, 3.63) is 53.6 Å². The monoisotopic (exact) mass is 356 g/mol. The highest BCUT2D eigenvalue weighted by Crippen LogP contribution is 2.25. The molecular weight excluding hydrogens is 328 g/mol. The van der Waals surface area contributed by atoms with Crippen molar-refractivity contribution in [2.45, 2.75) is 33.4 Å². The first-order valence-electron chi connectivity index (χ1n) is 8.61. The zero-order chi connectivity index (χ0) is 19.1. The number of aromatic nitrogens is 3. The molecule has 2 N–H and O–H groups in total. The molecule has 0 amide bonds. The summed E-state index contributed by atoms with van der Waals surface area (Å²) in [6.07, 6.45) is 1.79. The molecule has 1 atom stereocenters. The molecule has 1 unspecified atom stereocenters. The summed E-state index contributed by atoms with van der Waals surface area (Å²) in [5.74, 6) is 3.20. The largest absolute Gasteiger partial charge is 0.496 e. The van der Waals surface area contributed by atoms with Gasteiger partial charge in [-0.2, -0.15) is 0 Å². The molecule has 26 heavy (non-hydrogen) atoms. The first-order chi connectivity index (χ1) is 12.5. The molecule has 0 saturated carbocycles. The van der Waals surface area contributed by atoms with Crippen molar-refractivity contribution in [3.8, 4) is 5.75 Å². The first-order valence-corrected chi connectivity index (χ1v) is 8.61. The minimum absolute atomic E-state index is 0.0159. The molecule has 0 aliphatic carbocycles. The maximum atomic E-state index is 5.49. The van der Waals surface area contributed by atoms with Gasteiger partial charge in [0.05, 0.1) is 13.2 Å². The molecule has 2 aromatic rings. The van der Waals surface area contributed by atoms with Crippen molar-refractivity contribution in [2.24, 2.45) is 12.0 Å². The van der Waals surface area contributed by atoms with Gasteiger partial charge in [0.2, 0.25) is 0 Å². The molecule has 1 aromatic heterocycles. The summed E-state index contributed by atoms with van der Waals surface area (Å²) in [7, 11) is 3.62. The van der Waals surface area contributed by atoms with Gasteiger partial charge in [0.15, 0.2) is 11.8 Å². The van der Waals surface area contributed by atoms with E-state index >= 15 is 0 Å². The lowest BCUT2D eigenvalue weighted by molar-refractivity contribution is 0.405. The molecule has 2 rings (SSSR count). The van der Waals surface area contributed by atoms with Gasteiger partial charge < -0.3 is 19.9 Å². The van der Waals surface area contributed by atoms with E-state index in [4.69, 9.17) is 4.74 Å². The topological polar surface area (TPSA) is 76.4 Å². The average molecular weight is 356 g/mol. The van der Waals surface area contributed by atoms with Crippen molar-refractivity contribution < 1.29 is 4.74 Å². The van der Waals surface area contributed by atoms with Crippen LogP contribution in [-0.2, 0) is 13.6 Å². The second kappa shape index (κ2) is 9.03. The summed E-state index contributed by atoms with van der Waals surface area (Å²) in [6.45, 7) is 10.9. The molecule has 0 fully saturated rings. The number of hydrogen-bond acceptors (Lipinski definition) is 4. The second-order valence-electron chi connectivity index (χ2n) is 6.17. The third-order valence-corrected chi connectivity index (χ3v) is 4.18. The van der Waals surface area contributed by atoms with Gasteiger partial charge in [-0.1, -0.05) is 23.8 Å². The molecule has 0 bridgehead atoms. The predicted molar refractivity (Wildman–Crippen MR) is 104 cm³/mol. The van der Waals surface area contributed by atoms with E-state index in [1.807, 2.05) is 30.7 Å². The molecular formula is C19H28N6O. The maximum Gasteiger partial charge on any atom is 0.192 e. The van der Waals surface area contributed by atoms with Crippen molar-refractivity contribution in [1.82, 2.24) is 25.4 Å². The molecule has 0 aliphatic heterocycles. The fraction of sp³-hybridized carbons (Fsp3) is 0.421. The molecule has 0 saturated heterocycles. The van der Waals surface area contributed by atoms with E-state index in [9.17, 15) is 0 Å². The number of methoxy groups -OCH3 is 1. The van der Waals surface area contributed by atoms with Crippen LogP contribution in [0.5, 0.6) is 5.75 Å². The molecule has 1 heterocycles. The Balaban J connectivity index is 2.18. The van der Waals surface area contributed by atoms with Gasteiger partial charge in [0.1, 0.15) is 18.1 Å². The fourth-order valence-electron chi connectivity index (χ4n) is 2.53. The third-order valence-electron chi connectivity index (χ3n) is 4.18. The highest BCUT2D eigenvalue weighted by atomic mass is 16.5. The molecule has 0 radical (unpaired) electrons. The van der Waals surface area contributed by atoms with E-state index in [2.05, 4.69) is 52.3 Å². The Bertz CT molecular complexity index is 780. The summed E-state index contributed by atoms with van der Waals surface area (Å²) < 4.78 is 7.43. The molecule has 0 spiro atoms. The van der Waals surface area contributed by atoms with Crippen LogP contribution < -0.4 is 15.4 Å². The van der Waals surface area contributed by atoms with Gasteiger partial charge in [-0.25, -0.2) is 4.99 Å². The Hall–Kier alpha value is -2.83. The number of nitrogens with zero attached hydrogens (tertiary/aromatic N) is 4. The van der Waals surface area contributed by atoms with Gasteiger partial charge in [0.25, 0.3) is 0 Å². The highest BCUT2D eigenvalue weighted by Gasteiger charge is 2.14. The van der Waals surface area contributed by atoms with Gasteiger partial charge in [-0.3, -0.25) is 0 Å². The molecule has 140 valence electrons. The van der Waals surface area contributed by atoms with Gasteiger partial charge >= 0.3 is 0 Å². The Morgan fingerprint density at radius 3 is 2.77 bits per heavy atom. The number of hydrogen-bond donors (Lipinski definition) is 2. The SMILES string of the molecule is C=CCNC(=NCc1nnc(C)n1C)NC(C)c1cc(C)ccc1OC. The predicted octanol–water partition coefficient (Wildman–Crippen LogP) is 2.42. The third kappa shape index (κ3) is 4.84. The maximum absolute atomic E-state index is 5.49. The second-order valence-corrected chi connectivity index (χ2v) is 6.17. The zero-order valence-electron chi connectivity index (χ0n) is 16.2. The van der Waals surface area contributed by atoms with Gasteiger partial charge in [0, 0.05) is 19.2 Å². The van der Waals surface area contributed by atoms with E-state index in [-0.39, 0.29) is 6.04 Å². The van der Waals surface area contributed by atoms with E-state index in [1.165, 1.54) is 5.56 Å². The van der Waals surface area contributed by atoms with E-state index in [0.717, 1.165) is 23.0 Å². The van der Waals surface area contributed by atoms with Crippen LogP contribution in [0.4, 0.5) is 0 Å². The van der Waals surface area contributed by atoms with Gasteiger partial charge in [-0.15, -0.1) is 16.8 Å². The van der Waals surface area contributed by atoms with Crippen molar-refractivity contribution in [2.75, 3.05) is 13.7 Å². The van der Waals surface area contributed by atoms with Crippen LogP contribution >= 0.6 is 0 Å². The minimum atomic E-state index is 0.0159. The highest BCUT2D eigenvalue weighted by molar-refractivity contribution is 5.80. The van der Waals surface area contributed by atoms with Crippen LogP contribution in [0.2, 0.25) is 0 Å². The van der Waals surface area contributed by atoms with Crippen LogP contribution in [-0.4, -0.2) is 34.4 Å². The summed E-state index contributed by atoms with van der Waals surface area (Å²) in [4.78, 5) is 4.63. The van der Waals surface area contributed by atoms with Crippen LogP contribution in [0.15, 0.2) is 35.8 Å². The zero-order valence-corrected chi connectivity index (χ0v) is 16.2. The fourth-order valence-corrected chi connectivity index (χ4v) is 2.53. The Morgan fingerprint density at radius 2 is 2.15 bits per heavy atom. The van der Waals surface area contributed by atoms with Gasteiger partial charge in [-0.05, 0) is 26.8 Å². The van der Waals surface area contributed by atoms with Crippen molar-refractivity contribution >= 4 is 5.96 Å². The summed E-state index contributed by atoms with van der Waals surface area (Å²) in [6, 6.07) is 6.16. The lowest BCUT2D eigenvalue weighted by Crippen LogP contribution is -2.39. The smallest absolute Gasteiger partial charge is 0.192 e. The van der Waals surface area contributed by atoms with E-state index in [1.54, 1.807) is 13.2 Å². The Kier molecular flexibility index (Phi) is 6.77. The number of ether oxygens (including phenoxy) is 1. The van der Waals surface area contributed by atoms with Crippen molar-refractivity contribution in [1.29, 1.82) is 0 Å². The quantitative estimate of drug-likeness (QED) is 0.453. The molecule has 0 aliphatic rings. The molecule has 7 nitrogen and oxygen atoms in total. The number of guanidine groups is 1. The lowest BCUT2D eigenvalue weighted by atomic mass is 10.0. The lowest BCUT2D eigenvalue weighted by Gasteiger charge is -2.20. The number of aryl methyl sites for hydroxylation is 2. The molecule has 7 heteroatoms. The van der Waals surface area contributed by atoms with Crippen molar-refractivity contribution in [3.63, 3.8) is 0 Å². The molecule has 1 aromatic carbocycles. The van der Waals surface area contributed by atoms with E-state index in [0.29, 0.717) is 19.0 Å². The Morgan fingerprint density at radius 1 is 1.38 bits per heavy atom. The number of benzene rings is 1.